The Bertz CT molecular complexity index is 682. The minimum Gasteiger partial charge on any atom is -0.480 e. The number of carbonyl (C=O) groups is 1. The molecule has 1 aromatic carbocycles. The lowest BCUT2D eigenvalue weighted by Crippen LogP contribution is -2.33. The third-order valence-electron chi connectivity index (χ3n) is 3.18. The smallest absolute Gasteiger partial charge is 0.320 e. The van der Waals surface area contributed by atoms with Gasteiger partial charge in [-0.2, -0.15) is 0 Å². The van der Waals surface area contributed by atoms with E-state index in [1.54, 1.807) is 4.57 Å². The number of hydrogen-bond donors (Lipinski definition) is 2. The molecule has 1 unspecified atom stereocenters. The summed E-state index contributed by atoms with van der Waals surface area (Å²) in [7, 11) is 0. The van der Waals surface area contributed by atoms with Crippen molar-refractivity contribution in [2.24, 2.45) is 5.73 Å². The lowest BCUT2D eigenvalue weighted by atomic mass is 10.0. The molecular weight excluding hydrogens is 280 g/mol. The van der Waals surface area contributed by atoms with Crippen LogP contribution in [0.25, 0.3) is 10.9 Å². The van der Waals surface area contributed by atoms with Crippen LogP contribution >= 0.6 is 12.4 Å². The Labute approximate surface area is 122 Å². The fourth-order valence-electron chi connectivity index (χ4n) is 2.22. The van der Waals surface area contributed by atoms with Gasteiger partial charge in [0.05, 0.1) is 5.52 Å². The van der Waals surface area contributed by atoms with E-state index >= 15 is 0 Å². The molecule has 5 nitrogen and oxygen atoms in total. The predicted octanol–water partition coefficient (Wildman–Crippen LogP) is 1.40. The molecule has 1 aromatic heterocycles. The third-order valence-corrected chi connectivity index (χ3v) is 3.18. The molecule has 0 saturated heterocycles. The van der Waals surface area contributed by atoms with E-state index in [1.807, 2.05) is 31.2 Å². The minimum absolute atomic E-state index is 0. The molecular formula is C14H17ClN2O3. The average molecular weight is 297 g/mol. The lowest BCUT2D eigenvalue weighted by Gasteiger charge is -2.13. The zero-order valence-electron chi connectivity index (χ0n) is 11.1. The number of aryl methyl sites for hydroxylation is 1. The molecule has 0 radical (unpaired) electrons. The van der Waals surface area contributed by atoms with Crippen molar-refractivity contribution in [1.29, 1.82) is 0 Å². The first kappa shape index (κ1) is 16.2. The number of hydrogen-bond acceptors (Lipinski definition) is 3. The van der Waals surface area contributed by atoms with E-state index in [-0.39, 0.29) is 24.4 Å². The van der Waals surface area contributed by atoms with Gasteiger partial charge in [-0.25, -0.2) is 0 Å². The van der Waals surface area contributed by atoms with Crippen LogP contribution in [0.2, 0.25) is 0 Å². The van der Waals surface area contributed by atoms with Crippen molar-refractivity contribution < 1.29 is 9.90 Å². The Hall–Kier alpha value is -1.85. The predicted molar refractivity (Wildman–Crippen MR) is 80.4 cm³/mol. The zero-order chi connectivity index (χ0) is 14.0. The molecule has 0 aliphatic heterocycles. The van der Waals surface area contributed by atoms with Gasteiger partial charge in [-0.15, -0.1) is 12.4 Å². The number of benzene rings is 1. The third kappa shape index (κ3) is 3.00. The Morgan fingerprint density at radius 3 is 2.65 bits per heavy atom. The molecule has 6 heteroatoms. The second kappa shape index (κ2) is 6.54. The van der Waals surface area contributed by atoms with Gasteiger partial charge in [0.2, 0.25) is 0 Å². The van der Waals surface area contributed by atoms with Crippen molar-refractivity contribution in [3.63, 3.8) is 0 Å². The van der Waals surface area contributed by atoms with Crippen molar-refractivity contribution in [2.75, 3.05) is 0 Å². The summed E-state index contributed by atoms with van der Waals surface area (Å²) in [5.74, 6) is -1.07. The van der Waals surface area contributed by atoms with Crippen LogP contribution in [0.1, 0.15) is 12.5 Å². The van der Waals surface area contributed by atoms with E-state index in [0.29, 0.717) is 12.1 Å². The highest BCUT2D eigenvalue weighted by Crippen LogP contribution is 2.18. The van der Waals surface area contributed by atoms with Crippen LogP contribution in [-0.2, 0) is 17.8 Å². The summed E-state index contributed by atoms with van der Waals surface area (Å²) in [6.45, 7) is 2.47. The molecule has 1 heterocycles. The summed E-state index contributed by atoms with van der Waals surface area (Å²) in [5, 5.41) is 9.75. The average Bonchev–Trinajstić information content (AvgIpc) is 2.39. The van der Waals surface area contributed by atoms with Crippen LogP contribution in [-0.4, -0.2) is 21.7 Å². The summed E-state index contributed by atoms with van der Waals surface area (Å²) in [6, 6.07) is 7.94. The van der Waals surface area contributed by atoms with Crippen LogP contribution in [0.3, 0.4) is 0 Å². The standard InChI is InChI=1S/C14H16N2O3.ClH/c1-2-16-12-6-4-3-5-10(12)9(8-13(16)17)7-11(15)14(18)19;/h3-6,8,11H,2,7,15H2,1H3,(H,18,19);1H. The second-order valence-electron chi connectivity index (χ2n) is 4.42. The van der Waals surface area contributed by atoms with E-state index in [2.05, 4.69) is 0 Å². The van der Waals surface area contributed by atoms with E-state index < -0.39 is 12.0 Å². The second-order valence-corrected chi connectivity index (χ2v) is 4.42. The lowest BCUT2D eigenvalue weighted by molar-refractivity contribution is -0.138. The van der Waals surface area contributed by atoms with E-state index in [4.69, 9.17) is 10.8 Å². The van der Waals surface area contributed by atoms with E-state index in [1.165, 1.54) is 6.07 Å². The molecule has 2 aromatic rings. The quantitative estimate of drug-likeness (QED) is 0.893. The molecule has 0 spiro atoms. The van der Waals surface area contributed by atoms with Gasteiger partial charge in [0.25, 0.3) is 5.56 Å². The number of carboxylic acid groups (broad SMARTS) is 1. The zero-order valence-corrected chi connectivity index (χ0v) is 11.9. The normalized spacial score (nSPS) is 11.9. The highest BCUT2D eigenvalue weighted by atomic mass is 35.5. The number of halogens is 1. The molecule has 1 atom stereocenters. The highest BCUT2D eigenvalue weighted by molar-refractivity contribution is 5.85. The molecule has 0 amide bonds. The van der Waals surface area contributed by atoms with Gasteiger partial charge in [-0.1, -0.05) is 18.2 Å². The van der Waals surface area contributed by atoms with Crippen molar-refractivity contribution in [2.45, 2.75) is 25.9 Å². The van der Waals surface area contributed by atoms with Crippen LogP contribution in [0.15, 0.2) is 35.1 Å². The van der Waals surface area contributed by atoms with Crippen molar-refractivity contribution in [1.82, 2.24) is 4.57 Å². The summed E-state index contributed by atoms with van der Waals surface area (Å²) in [5.41, 5.74) is 6.91. The van der Waals surface area contributed by atoms with Crippen LogP contribution in [0.5, 0.6) is 0 Å². The van der Waals surface area contributed by atoms with Gasteiger partial charge in [0.15, 0.2) is 0 Å². The maximum Gasteiger partial charge on any atom is 0.320 e. The van der Waals surface area contributed by atoms with Gasteiger partial charge in [-0.05, 0) is 25.0 Å². The fourth-order valence-corrected chi connectivity index (χ4v) is 2.22. The summed E-state index contributed by atoms with van der Waals surface area (Å²) in [4.78, 5) is 22.9. The number of para-hydroxylation sites is 1. The van der Waals surface area contributed by atoms with Crippen LogP contribution < -0.4 is 11.3 Å². The summed E-state index contributed by atoms with van der Waals surface area (Å²) in [6.07, 6.45) is 0.148. The summed E-state index contributed by atoms with van der Waals surface area (Å²) >= 11 is 0. The fraction of sp³-hybridized carbons (Fsp3) is 0.286. The first-order valence-corrected chi connectivity index (χ1v) is 6.14. The highest BCUT2D eigenvalue weighted by Gasteiger charge is 2.15. The van der Waals surface area contributed by atoms with Crippen molar-refractivity contribution >= 4 is 29.3 Å². The first-order valence-electron chi connectivity index (χ1n) is 6.14. The Morgan fingerprint density at radius 2 is 2.05 bits per heavy atom. The largest absolute Gasteiger partial charge is 0.480 e. The number of nitrogens with zero attached hydrogens (tertiary/aromatic N) is 1. The minimum atomic E-state index is -1.07. The molecule has 3 N–H and O–H groups in total. The molecule has 0 aliphatic carbocycles. The molecule has 0 saturated carbocycles. The molecule has 0 aliphatic rings. The van der Waals surface area contributed by atoms with E-state index in [0.717, 1.165) is 10.9 Å². The number of rotatable bonds is 4. The summed E-state index contributed by atoms with van der Waals surface area (Å²) < 4.78 is 1.66. The SMILES string of the molecule is CCn1c(=O)cc(CC(N)C(=O)O)c2ccccc21.Cl. The van der Waals surface area contributed by atoms with Gasteiger partial charge >= 0.3 is 5.97 Å². The number of aromatic nitrogens is 1. The van der Waals surface area contributed by atoms with Crippen molar-refractivity contribution in [3.05, 3.63) is 46.2 Å². The molecule has 108 valence electrons. The molecule has 2 rings (SSSR count). The topological polar surface area (TPSA) is 85.3 Å². The number of fused-ring (bicyclic) bond motifs is 1. The Balaban J connectivity index is 0.00000200. The number of carboxylic acids is 1. The number of aliphatic carboxylic acids is 1. The van der Waals surface area contributed by atoms with Gasteiger partial charge in [0.1, 0.15) is 6.04 Å². The van der Waals surface area contributed by atoms with Gasteiger partial charge in [-0.3, -0.25) is 9.59 Å². The van der Waals surface area contributed by atoms with Crippen LogP contribution in [0, 0.1) is 0 Å². The van der Waals surface area contributed by atoms with Gasteiger partial charge < -0.3 is 15.4 Å². The van der Waals surface area contributed by atoms with Crippen molar-refractivity contribution in [3.8, 4) is 0 Å². The Kier molecular flexibility index (Phi) is 5.30. The maximum absolute atomic E-state index is 12.0. The van der Waals surface area contributed by atoms with Crippen LogP contribution in [0.4, 0.5) is 0 Å². The maximum atomic E-state index is 12.0. The first-order chi connectivity index (χ1) is 9.04. The number of nitrogens with two attached hydrogens (primary N) is 1. The monoisotopic (exact) mass is 296 g/mol. The molecule has 20 heavy (non-hydrogen) atoms. The van der Waals surface area contributed by atoms with Gasteiger partial charge in [0, 0.05) is 18.0 Å². The van der Waals surface area contributed by atoms with E-state index in [9.17, 15) is 9.59 Å². The molecule has 0 fully saturated rings. The number of pyridine rings is 1. The Morgan fingerprint density at radius 1 is 1.40 bits per heavy atom. The molecule has 0 bridgehead atoms.